The topological polar surface area (TPSA) is 93.2 Å². The monoisotopic (exact) mass is 382 g/mol. The van der Waals surface area contributed by atoms with Crippen LogP contribution in [0.4, 0.5) is 10.5 Å². The average Bonchev–Trinajstić information content (AvgIpc) is 2.92. The van der Waals surface area contributed by atoms with Crippen LogP contribution in [0, 0.1) is 0 Å². The fraction of sp³-hybridized carbons (Fsp3) is 0.200. The molecule has 1 aliphatic rings. The molecule has 2 aromatic rings. The summed E-state index contributed by atoms with van der Waals surface area (Å²) in [6.07, 6.45) is 0.645. The predicted octanol–water partition coefficient (Wildman–Crippen LogP) is 2.40. The first-order valence-corrected chi connectivity index (χ1v) is 8.55. The van der Waals surface area contributed by atoms with Crippen molar-refractivity contribution in [1.29, 1.82) is 0 Å². The fourth-order valence-corrected chi connectivity index (χ4v) is 2.94. The van der Waals surface area contributed by atoms with Gasteiger partial charge in [-0.1, -0.05) is 12.1 Å². The van der Waals surface area contributed by atoms with Gasteiger partial charge in [-0.25, -0.2) is 9.69 Å². The lowest BCUT2D eigenvalue weighted by molar-refractivity contribution is -0.139. The summed E-state index contributed by atoms with van der Waals surface area (Å²) in [6, 6.07) is 10.3. The van der Waals surface area contributed by atoms with E-state index in [1.165, 1.54) is 19.2 Å². The molecule has 0 atom stereocenters. The number of hydrogen-bond donors (Lipinski definition) is 0. The molecule has 0 N–H and O–H groups in total. The van der Waals surface area contributed by atoms with Gasteiger partial charge in [-0.2, -0.15) is 0 Å². The minimum absolute atomic E-state index is 0.198. The van der Waals surface area contributed by atoms with Crippen LogP contribution in [0.15, 0.2) is 42.5 Å². The Bertz CT molecular complexity index is 955. The van der Waals surface area contributed by atoms with Crippen molar-refractivity contribution in [3.63, 3.8) is 0 Å². The highest BCUT2D eigenvalue weighted by Gasteiger charge is 2.46. The van der Waals surface area contributed by atoms with E-state index in [4.69, 9.17) is 9.47 Å². The van der Waals surface area contributed by atoms with E-state index in [2.05, 4.69) is 0 Å². The Balaban J connectivity index is 1.96. The van der Waals surface area contributed by atoms with E-state index in [9.17, 15) is 19.2 Å². The number of urea groups is 1. The molecule has 0 saturated carbocycles. The van der Waals surface area contributed by atoms with Crippen molar-refractivity contribution in [3.05, 3.63) is 53.6 Å². The standard InChI is InChI=1S/C20H18N2O6/c1-3-28-17-7-5-4-6-15(17)22-19(25)18(24)21(20(22)26)11-14-10-13(12-23)8-9-16(14)27-2/h4-10,12H,3,11H2,1-2H3. The van der Waals surface area contributed by atoms with E-state index in [0.29, 0.717) is 35.5 Å². The van der Waals surface area contributed by atoms with Crippen molar-refractivity contribution in [2.75, 3.05) is 18.6 Å². The summed E-state index contributed by atoms with van der Waals surface area (Å²) in [7, 11) is 1.43. The van der Waals surface area contributed by atoms with Gasteiger partial charge in [-0.05, 0) is 37.3 Å². The van der Waals surface area contributed by atoms with Crippen LogP contribution >= 0.6 is 0 Å². The van der Waals surface area contributed by atoms with Crippen molar-refractivity contribution in [3.8, 4) is 11.5 Å². The number of carbonyl (C=O) groups excluding carboxylic acids is 4. The van der Waals surface area contributed by atoms with Gasteiger partial charge < -0.3 is 9.47 Å². The number of carbonyl (C=O) groups is 4. The van der Waals surface area contributed by atoms with Crippen molar-refractivity contribution >= 4 is 29.8 Å². The average molecular weight is 382 g/mol. The van der Waals surface area contributed by atoms with Crippen LogP contribution < -0.4 is 14.4 Å². The highest BCUT2D eigenvalue weighted by molar-refractivity contribution is 6.52. The molecule has 0 spiro atoms. The van der Waals surface area contributed by atoms with E-state index in [1.54, 1.807) is 37.3 Å². The Morgan fingerprint density at radius 1 is 1.00 bits per heavy atom. The number of aldehydes is 1. The summed E-state index contributed by atoms with van der Waals surface area (Å²) < 4.78 is 10.7. The second kappa shape index (κ2) is 7.91. The number of imide groups is 2. The molecule has 0 bridgehead atoms. The number of ether oxygens (including phenoxy) is 2. The Hall–Kier alpha value is -3.68. The molecule has 28 heavy (non-hydrogen) atoms. The summed E-state index contributed by atoms with van der Waals surface area (Å²) in [5, 5.41) is 0. The van der Waals surface area contributed by atoms with Crippen LogP contribution in [-0.2, 0) is 16.1 Å². The lowest BCUT2D eigenvalue weighted by atomic mass is 10.1. The van der Waals surface area contributed by atoms with Crippen LogP contribution in [0.25, 0.3) is 0 Å². The Kier molecular flexibility index (Phi) is 5.39. The molecule has 1 heterocycles. The molecule has 2 aromatic carbocycles. The smallest absolute Gasteiger partial charge is 0.339 e. The van der Waals surface area contributed by atoms with Crippen molar-refractivity contribution in [2.45, 2.75) is 13.5 Å². The molecule has 1 saturated heterocycles. The first kappa shape index (κ1) is 19.1. The Labute approximate surface area is 161 Å². The number of anilines is 1. The zero-order valence-corrected chi connectivity index (χ0v) is 15.4. The molecule has 8 heteroatoms. The van der Waals surface area contributed by atoms with Gasteiger partial charge in [0.15, 0.2) is 0 Å². The molecular weight excluding hydrogens is 364 g/mol. The van der Waals surface area contributed by atoms with Crippen LogP contribution in [0.2, 0.25) is 0 Å². The van der Waals surface area contributed by atoms with Crippen molar-refractivity contribution in [2.24, 2.45) is 0 Å². The minimum Gasteiger partial charge on any atom is -0.496 e. The molecule has 1 aliphatic heterocycles. The predicted molar refractivity (Wildman–Crippen MR) is 99.4 cm³/mol. The molecule has 3 rings (SSSR count). The third-order valence-corrected chi connectivity index (χ3v) is 4.23. The highest BCUT2D eigenvalue weighted by atomic mass is 16.5. The third-order valence-electron chi connectivity index (χ3n) is 4.23. The first-order valence-electron chi connectivity index (χ1n) is 8.55. The van der Waals surface area contributed by atoms with E-state index >= 15 is 0 Å². The lowest BCUT2D eigenvalue weighted by Crippen LogP contribution is -2.33. The number of amides is 4. The van der Waals surface area contributed by atoms with Gasteiger partial charge in [0.2, 0.25) is 0 Å². The van der Waals surface area contributed by atoms with Crippen LogP contribution in [0.1, 0.15) is 22.8 Å². The van der Waals surface area contributed by atoms with E-state index in [0.717, 1.165) is 9.80 Å². The Morgan fingerprint density at radius 2 is 1.75 bits per heavy atom. The lowest BCUT2D eigenvalue weighted by Gasteiger charge is -2.19. The van der Waals surface area contributed by atoms with Crippen molar-refractivity contribution < 1.29 is 28.7 Å². The fourth-order valence-electron chi connectivity index (χ4n) is 2.94. The highest BCUT2D eigenvalue weighted by Crippen LogP contribution is 2.33. The molecule has 8 nitrogen and oxygen atoms in total. The summed E-state index contributed by atoms with van der Waals surface area (Å²) in [6.45, 7) is 1.90. The summed E-state index contributed by atoms with van der Waals surface area (Å²) >= 11 is 0. The second-order valence-corrected chi connectivity index (χ2v) is 5.90. The summed E-state index contributed by atoms with van der Waals surface area (Å²) in [5.74, 6) is -1.22. The Morgan fingerprint density at radius 3 is 2.43 bits per heavy atom. The molecule has 0 radical (unpaired) electrons. The zero-order valence-electron chi connectivity index (χ0n) is 15.4. The van der Waals surface area contributed by atoms with Crippen LogP contribution in [0.3, 0.4) is 0 Å². The van der Waals surface area contributed by atoms with E-state index < -0.39 is 17.8 Å². The maximum Gasteiger partial charge on any atom is 0.339 e. The molecule has 0 aliphatic carbocycles. The zero-order chi connectivity index (χ0) is 20.3. The second-order valence-electron chi connectivity index (χ2n) is 5.90. The number of nitrogens with zero attached hydrogens (tertiary/aromatic N) is 2. The number of para-hydroxylation sites is 2. The molecule has 0 unspecified atom stereocenters. The number of methoxy groups -OCH3 is 1. The van der Waals surface area contributed by atoms with Gasteiger partial charge in [0.1, 0.15) is 17.8 Å². The van der Waals surface area contributed by atoms with Gasteiger partial charge in [0, 0.05) is 11.1 Å². The van der Waals surface area contributed by atoms with Gasteiger partial charge >= 0.3 is 17.8 Å². The molecule has 4 amide bonds. The minimum atomic E-state index is -0.970. The van der Waals surface area contributed by atoms with Gasteiger partial charge in [0.25, 0.3) is 0 Å². The number of benzene rings is 2. The molecular formula is C20H18N2O6. The number of rotatable bonds is 7. The molecule has 1 fully saturated rings. The summed E-state index contributed by atoms with van der Waals surface area (Å²) in [4.78, 5) is 50.6. The SMILES string of the molecule is CCOc1ccccc1N1C(=O)C(=O)N(Cc2cc(C=O)ccc2OC)C1=O. The van der Waals surface area contributed by atoms with E-state index in [1.807, 2.05) is 0 Å². The maximum atomic E-state index is 12.9. The maximum absolute atomic E-state index is 12.9. The first-order chi connectivity index (χ1) is 13.5. The molecule has 144 valence electrons. The van der Waals surface area contributed by atoms with Crippen LogP contribution in [0.5, 0.6) is 11.5 Å². The van der Waals surface area contributed by atoms with Crippen LogP contribution in [-0.4, -0.2) is 42.7 Å². The van der Waals surface area contributed by atoms with Crippen molar-refractivity contribution in [1.82, 2.24) is 4.90 Å². The van der Waals surface area contributed by atoms with E-state index in [-0.39, 0.29) is 12.2 Å². The molecule has 0 aromatic heterocycles. The normalized spacial score (nSPS) is 13.9. The largest absolute Gasteiger partial charge is 0.496 e. The van der Waals surface area contributed by atoms with Gasteiger partial charge in [0.05, 0.1) is 25.9 Å². The quantitative estimate of drug-likeness (QED) is 0.415. The number of hydrogen-bond acceptors (Lipinski definition) is 6. The van der Waals surface area contributed by atoms with Gasteiger partial charge in [-0.3, -0.25) is 19.3 Å². The third kappa shape index (κ3) is 3.32. The summed E-state index contributed by atoms with van der Waals surface area (Å²) in [5.41, 5.74) is 0.991. The van der Waals surface area contributed by atoms with Gasteiger partial charge in [-0.15, -0.1) is 0 Å².